The molecule has 2 atom stereocenters. The largest absolute Gasteiger partial charge is 0.372 e. The van der Waals surface area contributed by atoms with Crippen molar-refractivity contribution < 1.29 is 4.74 Å². The first kappa shape index (κ1) is 18.2. The first-order valence-electron chi connectivity index (χ1n) is 9.44. The van der Waals surface area contributed by atoms with Crippen LogP contribution < -0.4 is 5.32 Å². The minimum absolute atomic E-state index is 0.166. The Kier molecular flexibility index (Phi) is 5.61. The Balaban J connectivity index is 1.72. The van der Waals surface area contributed by atoms with E-state index in [2.05, 4.69) is 81.5 Å². The molecule has 1 fully saturated rings. The maximum absolute atomic E-state index is 6.40. The number of hydrogen-bond acceptors (Lipinski definition) is 2. The van der Waals surface area contributed by atoms with Crippen molar-refractivity contribution in [2.24, 2.45) is 0 Å². The summed E-state index contributed by atoms with van der Waals surface area (Å²) in [7, 11) is 0. The topological polar surface area (TPSA) is 21.3 Å². The Hall–Kier alpha value is -1.64. The van der Waals surface area contributed by atoms with E-state index in [0.29, 0.717) is 12.6 Å². The molecule has 2 aromatic rings. The summed E-state index contributed by atoms with van der Waals surface area (Å²) < 4.78 is 6.40. The van der Waals surface area contributed by atoms with Crippen LogP contribution in [0.15, 0.2) is 48.5 Å². The molecule has 0 spiro atoms. The lowest BCUT2D eigenvalue weighted by atomic mass is 9.85. The van der Waals surface area contributed by atoms with Gasteiger partial charge in [-0.1, -0.05) is 74.9 Å². The van der Waals surface area contributed by atoms with Gasteiger partial charge in [-0.2, -0.15) is 0 Å². The Labute approximate surface area is 152 Å². The van der Waals surface area contributed by atoms with E-state index >= 15 is 0 Å². The van der Waals surface area contributed by atoms with Crippen LogP contribution in [0.2, 0.25) is 0 Å². The van der Waals surface area contributed by atoms with Gasteiger partial charge in [0.15, 0.2) is 0 Å². The van der Waals surface area contributed by atoms with Crippen molar-refractivity contribution in [1.29, 1.82) is 0 Å². The number of rotatable bonds is 4. The van der Waals surface area contributed by atoms with E-state index in [9.17, 15) is 0 Å². The number of benzene rings is 2. The van der Waals surface area contributed by atoms with Gasteiger partial charge < -0.3 is 10.1 Å². The monoisotopic (exact) mass is 337 g/mol. The molecule has 2 heteroatoms. The van der Waals surface area contributed by atoms with Crippen LogP contribution in [-0.2, 0) is 16.8 Å². The third-order valence-corrected chi connectivity index (χ3v) is 5.03. The van der Waals surface area contributed by atoms with E-state index in [0.717, 1.165) is 13.0 Å². The Morgan fingerprint density at radius 2 is 1.84 bits per heavy atom. The lowest BCUT2D eigenvalue weighted by Crippen LogP contribution is -2.39. The second kappa shape index (κ2) is 7.72. The molecular weight excluding hydrogens is 306 g/mol. The summed E-state index contributed by atoms with van der Waals surface area (Å²) in [6, 6.07) is 17.8. The summed E-state index contributed by atoms with van der Waals surface area (Å²) in [4.78, 5) is 0. The molecule has 0 radical (unpaired) electrons. The van der Waals surface area contributed by atoms with Crippen molar-refractivity contribution in [3.8, 4) is 0 Å². The molecule has 134 valence electrons. The highest BCUT2D eigenvalue weighted by atomic mass is 16.5. The van der Waals surface area contributed by atoms with Crippen molar-refractivity contribution in [2.45, 2.75) is 64.7 Å². The summed E-state index contributed by atoms with van der Waals surface area (Å²) in [5.41, 5.74) is 5.47. The van der Waals surface area contributed by atoms with E-state index < -0.39 is 0 Å². The number of piperidine rings is 1. The van der Waals surface area contributed by atoms with Gasteiger partial charge in [0, 0.05) is 0 Å². The van der Waals surface area contributed by atoms with Crippen molar-refractivity contribution >= 4 is 0 Å². The van der Waals surface area contributed by atoms with Crippen LogP contribution in [-0.4, -0.2) is 12.6 Å². The smallest absolute Gasteiger partial charge is 0.0774 e. The summed E-state index contributed by atoms with van der Waals surface area (Å²) >= 11 is 0. The molecule has 1 saturated heterocycles. The highest BCUT2D eigenvalue weighted by Crippen LogP contribution is 2.28. The molecule has 0 unspecified atom stereocenters. The van der Waals surface area contributed by atoms with Crippen LogP contribution in [0.3, 0.4) is 0 Å². The predicted molar refractivity (Wildman–Crippen MR) is 105 cm³/mol. The maximum atomic E-state index is 6.40. The Morgan fingerprint density at radius 3 is 2.56 bits per heavy atom. The maximum Gasteiger partial charge on any atom is 0.0774 e. The lowest BCUT2D eigenvalue weighted by molar-refractivity contribution is -0.00362. The van der Waals surface area contributed by atoms with Crippen LogP contribution in [0.5, 0.6) is 0 Å². The van der Waals surface area contributed by atoms with Gasteiger partial charge in [-0.25, -0.2) is 0 Å². The fraction of sp³-hybridized carbons (Fsp3) is 0.478. The second-order valence-electron chi connectivity index (χ2n) is 8.29. The van der Waals surface area contributed by atoms with Crippen molar-refractivity contribution in [3.05, 3.63) is 70.8 Å². The normalized spacial score (nSPS) is 21.3. The van der Waals surface area contributed by atoms with Gasteiger partial charge in [0.05, 0.1) is 18.8 Å². The molecule has 0 saturated carbocycles. The zero-order valence-electron chi connectivity index (χ0n) is 16.0. The van der Waals surface area contributed by atoms with E-state index in [4.69, 9.17) is 4.74 Å². The van der Waals surface area contributed by atoms with Gasteiger partial charge >= 0.3 is 0 Å². The minimum Gasteiger partial charge on any atom is -0.372 e. The Bertz CT molecular complexity index is 687. The summed E-state index contributed by atoms with van der Waals surface area (Å²) in [5.74, 6) is 0. The number of nitrogens with one attached hydrogen (secondary N) is 1. The molecule has 1 aliphatic rings. The van der Waals surface area contributed by atoms with E-state index in [1.807, 2.05) is 0 Å². The van der Waals surface area contributed by atoms with Gasteiger partial charge in [0.2, 0.25) is 0 Å². The number of ether oxygens (including phenoxy) is 1. The van der Waals surface area contributed by atoms with E-state index in [-0.39, 0.29) is 11.5 Å². The van der Waals surface area contributed by atoms with Crippen LogP contribution in [0, 0.1) is 6.92 Å². The summed E-state index contributed by atoms with van der Waals surface area (Å²) in [6.45, 7) is 10.7. The molecule has 2 aromatic carbocycles. The molecule has 0 aliphatic carbocycles. The van der Waals surface area contributed by atoms with Crippen molar-refractivity contribution in [2.75, 3.05) is 6.54 Å². The quantitative estimate of drug-likeness (QED) is 0.817. The van der Waals surface area contributed by atoms with Crippen molar-refractivity contribution in [1.82, 2.24) is 5.32 Å². The molecule has 25 heavy (non-hydrogen) atoms. The predicted octanol–water partition coefficient (Wildman–Crippen LogP) is 5.30. The third-order valence-electron chi connectivity index (χ3n) is 5.03. The zero-order chi connectivity index (χ0) is 17.9. The molecule has 0 bridgehead atoms. The van der Waals surface area contributed by atoms with E-state index in [1.54, 1.807) is 0 Å². The average molecular weight is 338 g/mol. The first-order chi connectivity index (χ1) is 11.9. The highest BCUT2D eigenvalue weighted by Gasteiger charge is 2.26. The summed E-state index contributed by atoms with van der Waals surface area (Å²) in [5, 5.41) is 3.64. The second-order valence-corrected chi connectivity index (χ2v) is 8.29. The highest BCUT2D eigenvalue weighted by molar-refractivity contribution is 5.33. The molecule has 3 rings (SSSR count). The van der Waals surface area contributed by atoms with Gasteiger partial charge in [-0.15, -0.1) is 0 Å². The lowest BCUT2D eigenvalue weighted by Gasteiger charge is -2.33. The van der Waals surface area contributed by atoms with Crippen LogP contribution >= 0.6 is 0 Å². The molecule has 1 heterocycles. The molecule has 2 nitrogen and oxygen atoms in total. The van der Waals surface area contributed by atoms with Gasteiger partial charge in [0.25, 0.3) is 0 Å². The van der Waals surface area contributed by atoms with Gasteiger partial charge in [-0.05, 0) is 48.4 Å². The van der Waals surface area contributed by atoms with Crippen LogP contribution in [0.4, 0.5) is 0 Å². The molecule has 0 aromatic heterocycles. The first-order valence-corrected chi connectivity index (χ1v) is 9.44. The van der Waals surface area contributed by atoms with E-state index in [1.165, 1.54) is 28.7 Å². The number of aryl methyl sites for hydroxylation is 1. The average Bonchev–Trinajstić information content (AvgIpc) is 2.60. The molecule has 1 aliphatic heterocycles. The van der Waals surface area contributed by atoms with Crippen molar-refractivity contribution in [3.63, 3.8) is 0 Å². The SMILES string of the molecule is Cc1cc(CO[C@H]2CCCN[C@H]2c2ccccc2)cc(C(C)(C)C)c1. The fourth-order valence-corrected chi connectivity index (χ4v) is 3.61. The third kappa shape index (κ3) is 4.71. The molecule has 1 N–H and O–H groups in total. The minimum atomic E-state index is 0.166. The standard InChI is InChI=1S/C23H31NO/c1-17-13-18(15-20(14-17)23(2,3)4)16-25-21-11-8-12-24-22(21)19-9-6-5-7-10-19/h5-7,9-10,13-15,21-22,24H,8,11-12,16H2,1-4H3/t21-,22-/m0/s1. The summed E-state index contributed by atoms with van der Waals surface area (Å²) in [6.07, 6.45) is 2.52. The fourth-order valence-electron chi connectivity index (χ4n) is 3.61. The van der Waals surface area contributed by atoms with Gasteiger partial charge in [0.1, 0.15) is 0 Å². The van der Waals surface area contributed by atoms with Crippen LogP contribution in [0.1, 0.15) is 61.9 Å². The van der Waals surface area contributed by atoms with Gasteiger partial charge in [-0.3, -0.25) is 0 Å². The zero-order valence-corrected chi connectivity index (χ0v) is 16.0. The molecule has 0 amide bonds. The molecular formula is C23H31NO. The van der Waals surface area contributed by atoms with Crippen LogP contribution in [0.25, 0.3) is 0 Å². The Morgan fingerprint density at radius 1 is 1.08 bits per heavy atom. The number of hydrogen-bond donors (Lipinski definition) is 1.